The van der Waals surface area contributed by atoms with E-state index in [9.17, 15) is 20.2 Å². The van der Waals surface area contributed by atoms with E-state index in [-0.39, 0.29) is 45.1 Å². The van der Waals surface area contributed by atoms with Crippen LogP contribution >= 0.6 is 34.8 Å². The molecule has 3 aromatic carbocycles. The molecule has 0 heterocycles. The largest absolute Gasteiger partial charge is 0.494 e. The molecule has 1 N–H and O–H groups in total. The Morgan fingerprint density at radius 2 is 1.80 bits per heavy atom. The summed E-state index contributed by atoms with van der Waals surface area (Å²) in [6.07, 6.45) is 1.29. The van der Waals surface area contributed by atoms with Gasteiger partial charge >= 0.3 is 0 Å². The quantitative estimate of drug-likeness (QED) is 0.150. The lowest BCUT2D eigenvalue weighted by Crippen LogP contribution is -2.14. The molecule has 0 radical (unpaired) electrons. The Balaban J connectivity index is 1.81. The number of benzene rings is 3. The third-order valence-electron chi connectivity index (χ3n) is 4.67. The first-order valence-corrected chi connectivity index (χ1v) is 11.0. The predicted molar refractivity (Wildman–Crippen MR) is 134 cm³/mol. The summed E-state index contributed by atoms with van der Waals surface area (Å²) < 4.78 is 10.8. The molecule has 0 unspecified atom stereocenters. The molecule has 11 heteroatoms. The van der Waals surface area contributed by atoms with Gasteiger partial charge in [-0.25, -0.2) is 0 Å². The van der Waals surface area contributed by atoms with Crippen LogP contribution in [0.1, 0.15) is 11.1 Å². The summed E-state index contributed by atoms with van der Waals surface area (Å²) in [7, 11) is 1.30. The molecule has 0 aliphatic rings. The van der Waals surface area contributed by atoms with E-state index in [1.165, 1.54) is 37.5 Å². The number of halogens is 3. The first-order valence-electron chi connectivity index (χ1n) is 9.84. The van der Waals surface area contributed by atoms with Gasteiger partial charge in [-0.2, -0.15) is 5.26 Å². The van der Waals surface area contributed by atoms with Crippen molar-refractivity contribution in [2.24, 2.45) is 0 Å². The zero-order chi connectivity index (χ0) is 25.5. The zero-order valence-corrected chi connectivity index (χ0v) is 20.3. The number of carbonyl (C=O) groups is 1. The molecule has 0 saturated carbocycles. The molecule has 0 atom stereocenters. The second kappa shape index (κ2) is 11.6. The molecule has 0 aromatic heterocycles. The maximum atomic E-state index is 12.7. The molecule has 3 rings (SSSR count). The Bertz CT molecular complexity index is 1350. The molecule has 178 valence electrons. The van der Waals surface area contributed by atoms with Gasteiger partial charge in [0.15, 0.2) is 5.75 Å². The number of nitrogens with zero attached hydrogens (tertiary/aromatic N) is 2. The Morgan fingerprint density at radius 1 is 1.11 bits per heavy atom. The minimum absolute atomic E-state index is 0.0657. The third kappa shape index (κ3) is 6.43. The number of ether oxygens (including phenoxy) is 2. The maximum Gasteiger partial charge on any atom is 0.273 e. The van der Waals surface area contributed by atoms with Crippen molar-refractivity contribution in [3.05, 3.63) is 96.5 Å². The monoisotopic (exact) mass is 531 g/mol. The van der Waals surface area contributed by atoms with Crippen LogP contribution in [0.2, 0.25) is 15.1 Å². The standard InChI is InChI=1S/C24H16Cl3N3O5/c1-34-22-11-17(30(32)33)6-7-21(22)29-24(31)16(12-28)8-14-9-19(26)23(20(27)10-14)35-13-15-4-2-3-5-18(15)25/h2-11H,13H2,1H3,(H,29,31). The molecule has 3 aromatic rings. The van der Waals surface area contributed by atoms with Crippen LogP contribution in [0.3, 0.4) is 0 Å². The van der Waals surface area contributed by atoms with E-state index in [2.05, 4.69) is 5.32 Å². The number of hydrogen-bond acceptors (Lipinski definition) is 6. The Morgan fingerprint density at radius 3 is 2.40 bits per heavy atom. The maximum absolute atomic E-state index is 12.7. The van der Waals surface area contributed by atoms with Crippen LogP contribution in [0.25, 0.3) is 6.08 Å². The van der Waals surface area contributed by atoms with E-state index in [1.54, 1.807) is 18.2 Å². The van der Waals surface area contributed by atoms with Gasteiger partial charge in [0.1, 0.15) is 24.0 Å². The first kappa shape index (κ1) is 25.8. The molecule has 0 fully saturated rings. The fourth-order valence-corrected chi connectivity index (χ4v) is 3.77. The van der Waals surface area contributed by atoms with Gasteiger partial charge in [-0.05, 0) is 35.9 Å². The second-order valence-electron chi connectivity index (χ2n) is 6.96. The Kier molecular flexibility index (Phi) is 8.55. The van der Waals surface area contributed by atoms with E-state index >= 15 is 0 Å². The minimum Gasteiger partial charge on any atom is -0.494 e. The summed E-state index contributed by atoms with van der Waals surface area (Å²) in [5.41, 5.74) is 0.811. The number of nitro groups is 1. The van der Waals surface area contributed by atoms with Gasteiger partial charge in [-0.3, -0.25) is 14.9 Å². The van der Waals surface area contributed by atoms with Crippen molar-refractivity contribution in [3.63, 3.8) is 0 Å². The highest BCUT2D eigenvalue weighted by Gasteiger charge is 2.17. The SMILES string of the molecule is COc1cc([N+](=O)[O-])ccc1NC(=O)C(C#N)=Cc1cc(Cl)c(OCc2ccccc2Cl)c(Cl)c1. The smallest absolute Gasteiger partial charge is 0.273 e. The number of nitriles is 1. The van der Waals surface area contributed by atoms with E-state index in [1.807, 2.05) is 12.1 Å². The van der Waals surface area contributed by atoms with Crippen LogP contribution < -0.4 is 14.8 Å². The summed E-state index contributed by atoms with van der Waals surface area (Å²) in [6.45, 7) is 0.136. The molecule has 0 spiro atoms. The summed E-state index contributed by atoms with van der Waals surface area (Å²) >= 11 is 18.8. The van der Waals surface area contributed by atoms with Gasteiger partial charge in [0.25, 0.3) is 11.6 Å². The average Bonchev–Trinajstić information content (AvgIpc) is 2.83. The third-order valence-corrected chi connectivity index (χ3v) is 5.60. The van der Waals surface area contributed by atoms with Crippen molar-refractivity contribution < 1.29 is 19.2 Å². The number of anilines is 1. The molecule has 0 saturated heterocycles. The molecular weight excluding hydrogens is 517 g/mol. The average molecular weight is 533 g/mol. The number of nitro benzene ring substituents is 1. The Labute approximate surface area is 215 Å². The molecular formula is C24H16Cl3N3O5. The zero-order valence-electron chi connectivity index (χ0n) is 18.1. The van der Waals surface area contributed by atoms with Gasteiger partial charge in [0.2, 0.25) is 0 Å². The number of rotatable bonds is 8. The van der Waals surface area contributed by atoms with Crippen molar-refractivity contribution in [2.75, 3.05) is 12.4 Å². The summed E-state index contributed by atoms with van der Waals surface area (Å²) in [5, 5.41) is 23.8. The predicted octanol–water partition coefficient (Wildman–Crippen LogP) is 6.69. The minimum atomic E-state index is -0.758. The highest BCUT2D eigenvalue weighted by atomic mass is 35.5. The molecule has 35 heavy (non-hydrogen) atoms. The number of hydrogen-bond donors (Lipinski definition) is 1. The van der Waals surface area contributed by atoms with E-state index < -0.39 is 10.8 Å². The lowest BCUT2D eigenvalue weighted by molar-refractivity contribution is -0.384. The first-order chi connectivity index (χ1) is 16.7. The van der Waals surface area contributed by atoms with Gasteiger partial charge in [-0.1, -0.05) is 53.0 Å². The molecule has 8 nitrogen and oxygen atoms in total. The number of amides is 1. The summed E-state index contributed by atoms with van der Waals surface area (Å²) in [4.78, 5) is 23.0. The van der Waals surface area contributed by atoms with Gasteiger partial charge in [-0.15, -0.1) is 0 Å². The van der Waals surface area contributed by atoms with Crippen molar-refractivity contribution in [2.45, 2.75) is 6.61 Å². The van der Waals surface area contributed by atoms with Crippen LogP contribution in [-0.2, 0) is 11.4 Å². The van der Waals surface area contributed by atoms with Crippen LogP contribution in [-0.4, -0.2) is 17.9 Å². The van der Waals surface area contributed by atoms with Crippen molar-refractivity contribution in [1.29, 1.82) is 5.26 Å². The van der Waals surface area contributed by atoms with Crippen molar-refractivity contribution in [3.8, 4) is 17.6 Å². The highest BCUT2D eigenvalue weighted by molar-refractivity contribution is 6.37. The van der Waals surface area contributed by atoms with E-state index in [0.29, 0.717) is 10.6 Å². The lowest BCUT2D eigenvalue weighted by atomic mass is 10.1. The highest BCUT2D eigenvalue weighted by Crippen LogP contribution is 2.36. The number of non-ortho nitro benzene ring substituents is 1. The number of carbonyl (C=O) groups excluding carboxylic acids is 1. The normalized spacial score (nSPS) is 10.9. The van der Waals surface area contributed by atoms with Crippen LogP contribution in [0.4, 0.5) is 11.4 Å². The van der Waals surface area contributed by atoms with Crippen LogP contribution in [0, 0.1) is 21.4 Å². The molecule has 0 aliphatic heterocycles. The summed E-state index contributed by atoms with van der Waals surface area (Å²) in [6, 6.07) is 15.6. The topological polar surface area (TPSA) is 114 Å². The van der Waals surface area contributed by atoms with E-state index in [0.717, 1.165) is 11.6 Å². The van der Waals surface area contributed by atoms with Crippen molar-refractivity contribution >= 4 is 58.2 Å². The fraction of sp³-hybridized carbons (Fsp3) is 0.0833. The summed E-state index contributed by atoms with van der Waals surface area (Å²) in [5.74, 6) is -0.467. The van der Waals surface area contributed by atoms with E-state index in [4.69, 9.17) is 44.3 Å². The lowest BCUT2D eigenvalue weighted by Gasteiger charge is -2.12. The number of nitrogens with one attached hydrogen (secondary N) is 1. The van der Waals surface area contributed by atoms with Crippen LogP contribution in [0.5, 0.6) is 11.5 Å². The number of methoxy groups -OCH3 is 1. The molecule has 0 bridgehead atoms. The van der Waals surface area contributed by atoms with Gasteiger partial charge in [0.05, 0.1) is 33.8 Å². The Hall–Kier alpha value is -3.77. The molecule has 1 amide bonds. The van der Waals surface area contributed by atoms with Crippen molar-refractivity contribution in [1.82, 2.24) is 0 Å². The molecule has 0 aliphatic carbocycles. The van der Waals surface area contributed by atoms with Gasteiger partial charge < -0.3 is 14.8 Å². The fourth-order valence-electron chi connectivity index (χ4n) is 2.97. The van der Waals surface area contributed by atoms with Crippen LogP contribution in [0.15, 0.2) is 60.2 Å². The van der Waals surface area contributed by atoms with Gasteiger partial charge in [0, 0.05) is 16.7 Å². The second-order valence-corrected chi connectivity index (χ2v) is 8.18.